The summed E-state index contributed by atoms with van der Waals surface area (Å²) in [6.07, 6.45) is 1.89. The molecule has 0 fully saturated rings. The molecule has 0 unspecified atom stereocenters. The van der Waals surface area contributed by atoms with E-state index in [1.807, 2.05) is 6.07 Å². The summed E-state index contributed by atoms with van der Waals surface area (Å²) < 4.78 is 16.1. The molecule has 0 aliphatic carbocycles. The predicted molar refractivity (Wildman–Crippen MR) is 91.5 cm³/mol. The molecule has 2 aromatic rings. The van der Waals surface area contributed by atoms with Crippen LogP contribution in [0.1, 0.15) is 49.7 Å². The predicted octanol–water partition coefficient (Wildman–Crippen LogP) is 3.54. The number of ether oxygens (including phenoxy) is 2. The fourth-order valence-electron chi connectivity index (χ4n) is 2.67. The zero-order valence-electron chi connectivity index (χ0n) is 14.8. The van der Waals surface area contributed by atoms with Gasteiger partial charge in [-0.3, -0.25) is 4.79 Å². The highest BCUT2D eigenvalue weighted by atomic mass is 16.5. The van der Waals surface area contributed by atoms with Gasteiger partial charge in [-0.25, -0.2) is 0 Å². The van der Waals surface area contributed by atoms with E-state index in [1.54, 1.807) is 12.1 Å². The van der Waals surface area contributed by atoms with Crippen LogP contribution in [0.2, 0.25) is 0 Å². The second kappa shape index (κ2) is 6.95. The van der Waals surface area contributed by atoms with E-state index >= 15 is 0 Å². The highest BCUT2D eigenvalue weighted by Crippen LogP contribution is 2.40. The van der Waals surface area contributed by atoms with Gasteiger partial charge in [-0.2, -0.15) is 0 Å². The monoisotopic (exact) mass is 332 g/mol. The van der Waals surface area contributed by atoms with Crippen LogP contribution in [0.15, 0.2) is 22.7 Å². The number of aromatic nitrogens is 1. The molecule has 1 aromatic carbocycles. The molecule has 1 amide bonds. The van der Waals surface area contributed by atoms with Gasteiger partial charge in [0.2, 0.25) is 0 Å². The quantitative estimate of drug-likeness (QED) is 0.838. The van der Waals surface area contributed by atoms with Crippen molar-refractivity contribution in [3.8, 4) is 22.8 Å². The van der Waals surface area contributed by atoms with Crippen molar-refractivity contribution in [3.63, 3.8) is 0 Å². The molecule has 1 heterocycles. The lowest BCUT2D eigenvalue weighted by Crippen LogP contribution is -2.19. The summed E-state index contributed by atoms with van der Waals surface area (Å²) in [5, 5.41) is 4.22. The molecule has 24 heavy (non-hydrogen) atoms. The van der Waals surface area contributed by atoms with Crippen molar-refractivity contribution in [1.82, 2.24) is 5.16 Å². The molecule has 0 spiro atoms. The van der Waals surface area contributed by atoms with Gasteiger partial charge < -0.3 is 19.7 Å². The maximum absolute atomic E-state index is 11.8. The molecule has 0 bridgehead atoms. The van der Waals surface area contributed by atoms with Gasteiger partial charge in [-0.1, -0.05) is 25.9 Å². The van der Waals surface area contributed by atoms with Crippen molar-refractivity contribution in [2.75, 3.05) is 14.2 Å². The van der Waals surface area contributed by atoms with Crippen LogP contribution in [-0.4, -0.2) is 25.3 Å². The van der Waals surface area contributed by atoms with Crippen LogP contribution >= 0.6 is 0 Å². The number of nitrogens with zero attached hydrogens (tertiary/aromatic N) is 1. The van der Waals surface area contributed by atoms with Crippen LogP contribution in [0, 0.1) is 0 Å². The van der Waals surface area contributed by atoms with Crippen LogP contribution < -0.4 is 15.2 Å². The van der Waals surface area contributed by atoms with E-state index in [2.05, 4.69) is 25.9 Å². The molecule has 0 saturated carbocycles. The Morgan fingerprint density at radius 3 is 2.42 bits per heavy atom. The zero-order chi connectivity index (χ0) is 17.9. The number of benzene rings is 1. The summed E-state index contributed by atoms with van der Waals surface area (Å²) >= 11 is 0. The summed E-state index contributed by atoms with van der Waals surface area (Å²) in [4.78, 5) is 11.8. The second-order valence-corrected chi connectivity index (χ2v) is 5.93. The van der Waals surface area contributed by atoms with Crippen LogP contribution in [0.3, 0.4) is 0 Å². The average molecular weight is 332 g/mol. The molecule has 1 aromatic heterocycles. The first kappa shape index (κ1) is 17.8. The normalized spacial score (nSPS) is 11.4. The van der Waals surface area contributed by atoms with Gasteiger partial charge in [-0.15, -0.1) is 0 Å². The topological polar surface area (TPSA) is 87.6 Å². The smallest absolute Gasteiger partial charge is 0.256 e. The summed E-state index contributed by atoms with van der Waals surface area (Å²) in [6, 6.07) is 5.32. The molecule has 0 aliphatic rings. The first-order valence-corrected chi connectivity index (χ1v) is 7.94. The molecular formula is C18H24N2O4. The Morgan fingerprint density at radius 1 is 1.25 bits per heavy atom. The molecule has 0 atom stereocenters. The lowest BCUT2D eigenvalue weighted by Gasteiger charge is -2.23. The lowest BCUT2D eigenvalue weighted by atomic mass is 9.81. The Labute approximate surface area is 141 Å². The van der Waals surface area contributed by atoms with E-state index in [4.69, 9.17) is 19.7 Å². The van der Waals surface area contributed by atoms with Gasteiger partial charge in [0, 0.05) is 11.5 Å². The van der Waals surface area contributed by atoms with Gasteiger partial charge in [0.1, 0.15) is 17.1 Å². The van der Waals surface area contributed by atoms with Gasteiger partial charge in [0.15, 0.2) is 5.76 Å². The second-order valence-electron chi connectivity index (χ2n) is 5.93. The molecule has 6 nitrogen and oxygen atoms in total. The van der Waals surface area contributed by atoms with Gasteiger partial charge in [0.05, 0.1) is 25.5 Å². The number of nitrogens with two attached hydrogens (primary N) is 1. The van der Waals surface area contributed by atoms with E-state index in [9.17, 15) is 4.79 Å². The zero-order valence-corrected chi connectivity index (χ0v) is 14.8. The number of rotatable bonds is 7. The van der Waals surface area contributed by atoms with Crippen LogP contribution in [0.25, 0.3) is 11.3 Å². The first-order valence-electron chi connectivity index (χ1n) is 7.94. The van der Waals surface area contributed by atoms with Crippen molar-refractivity contribution < 1.29 is 18.8 Å². The third-order valence-corrected chi connectivity index (χ3v) is 4.74. The Hall–Kier alpha value is -2.50. The van der Waals surface area contributed by atoms with E-state index < -0.39 is 5.91 Å². The summed E-state index contributed by atoms with van der Waals surface area (Å²) in [6.45, 7) is 6.39. The number of hydrogen-bond donors (Lipinski definition) is 1. The number of carbonyl (C=O) groups excluding carboxylic acids is 1. The van der Waals surface area contributed by atoms with Gasteiger partial charge in [0.25, 0.3) is 5.91 Å². The molecular weight excluding hydrogens is 308 g/mol. The SMILES string of the molecule is CCC(C)(CC)c1cc(-c2ccc(OC)c(C(N)=O)c2OC)on1. The van der Waals surface area contributed by atoms with Gasteiger partial charge in [-0.05, 0) is 25.0 Å². The fraction of sp³-hybridized carbons (Fsp3) is 0.444. The molecule has 2 rings (SSSR count). The summed E-state index contributed by atoms with van der Waals surface area (Å²) in [5.41, 5.74) is 7.10. The third kappa shape index (κ3) is 2.96. The minimum Gasteiger partial charge on any atom is -0.496 e. The van der Waals surface area contributed by atoms with E-state index in [0.29, 0.717) is 22.8 Å². The summed E-state index contributed by atoms with van der Waals surface area (Å²) in [7, 11) is 2.95. The molecule has 2 N–H and O–H groups in total. The number of hydrogen-bond acceptors (Lipinski definition) is 5. The summed E-state index contributed by atoms with van der Waals surface area (Å²) in [5.74, 6) is 0.575. The largest absolute Gasteiger partial charge is 0.496 e. The number of amides is 1. The van der Waals surface area contributed by atoms with E-state index in [1.165, 1.54) is 14.2 Å². The highest BCUT2D eigenvalue weighted by molar-refractivity contribution is 6.00. The number of methoxy groups -OCH3 is 2. The lowest BCUT2D eigenvalue weighted by molar-refractivity contribution is 0.0994. The maximum atomic E-state index is 11.8. The van der Waals surface area contributed by atoms with E-state index in [0.717, 1.165) is 18.5 Å². The molecule has 0 aliphatic heterocycles. The van der Waals surface area contributed by atoms with Crippen LogP contribution in [-0.2, 0) is 5.41 Å². The Bertz CT molecular complexity index is 733. The molecule has 6 heteroatoms. The van der Waals surface area contributed by atoms with Crippen molar-refractivity contribution in [2.24, 2.45) is 5.73 Å². The van der Waals surface area contributed by atoms with Crippen LogP contribution in [0.4, 0.5) is 0 Å². The average Bonchev–Trinajstić information content (AvgIpc) is 3.09. The number of carbonyl (C=O) groups is 1. The number of primary amides is 1. The fourth-order valence-corrected chi connectivity index (χ4v) is 2.67. The van der Waals surface area contributed by atoms with Crippen LogP contribution in [0.5, 0.6) is 11.5 Å². The Balaban J connectivity index is 2.60. The Morgan fingerprint density at radius 2 is 1.92 bits per heavy atom. The maximum Gasteiger partial charge on any atom is 0.256 e. The molecule has 130 valence electrons. The standard InChI is InChI=1S/C18H24N2O4/c1-6-18(3,7-2)14-10-13(24-20-14)11-8-9-12(22-4)15(17(19)21)16(11)23-5/h8-10H,6-7H2,1-5H3,(H2,19,21). The van der Waals surface area contributed by atoms with Gasteiger partial charge >= 0.3 is 0 Å². The van der Waals surface area contributed by atoms with E-state index in [-0.39, 0.29) is 11.0 Å². The third-order valence-electron chi connectivity index (χ3n) is 4.74. The van der Waals surface area contributed by atoms with Crippen molar-refractivity contribution in [1.29, 1.82) is 0 Å². The van der Waals surface area contributed by atoms with Crippen molar-refractivity contribution in [2.45, 2.75) is 39.0 Å². The minimum atomic E-state index is -0.628. The van der Waals surface area contributed by atoms with Crippen molar-refractivity contribution in [3.05, 3.63) is 29.5 Å². The molecule has 0 saturated heterocycles. The minimum absolute atomic E-state index is 0.0615. The van der Waals surface area contributed by atoms with Crippen molar-refractivity contribution >= 4 is 5.91 Å². The highest BCUT2D eigenvalue weighted by Gasteiger charge is 2.28. The first-order chi connectivity index (χ1) is 11.4. The Kier molecular flexibility index (Phi) is 5.17. The molecule has 0 radical (unpaired) electrons.